The standard InChI is InChI=1S/C25H30ClN3O5/c1-5-28(6-2)13-14-34-27-24-19(8-7-17-9-11-20(29(30)31)16-21(17)24)15-18-10-12-22(32-3)25(33-4)23(18)26/h9-12,15-16H,5-8,13-14H2,1-4H3/b19-15+,27-24+. The number of fused-ring (bicyclic) bond motifs is 1. The molecule has 0 atom stereocenters. The Hall–Kier alpha value is -3.10. The minimum atomic E-state index is -0.400. The van der Waals surface area contributed by atoms with Crippen LogP contribution in [0, 0.1) is 10.1 Å². The smallest absolute Gasteiger partial charge is 0.270 e. The number of likely N-dealkylation sites (N-methyl/N-ethyl adjacent to an activating group) is 1. The van der Waals surface area contributed by atoms with E-state index in [4.69, 9.17) is 25.9 Å². The highest BCUT2D eigenvalue weighted by Crippen LogP contribution is 2.39. The third kappa shape index (κ3) is 5.69. The maximum atomic E-state index is 11.4. The molecule has 9 heteroatoms. The molecular weight excluding hydrogens is 458 g/mol. The molecule has 0 saturated heterocycles. The zero-order chi connectivity index (χ0) is 24.7. The van der Waals surface area contributed by atoms with Gasteiger partial charge in [0.05, 0.1) is 24.2 Å². The van der Waals surface area contributed by atoms with Gasteiger partial charge in [-0.3, -0.25) is 10.1 Å². The van der Waals surface area contributed by atoms with E-state index in [1.54, 1.807) is 25.3 Å². The van der Waals surface area contributed by atoms with Crippen molar-refractivity contribution in [1.29, 1.82) is 0 Å². The summed E-state index contributed by atoms with van der Waals surface area (Å²) in [5.74, 6) is 0.979. The molecule has 2 aromatic rings. The summed E-state index contributed by atoms with van der Waals surface area (Å²) in [7, 11) is 3.09. The van der Waals surface area contributed by atoms with Gasteiger partial charge in [-0.1, -0.05) is 36.7 Å². The van der Waals surface area contributed by atoms with Gasteiger partial charge in [0.1, 0.15) is 12.3 Å². The van der Waals surface area contributed by atoms with Gasteiger partial charge in [-0.25, -0.2) is 0 Å². The molecule has 0 N–H and O–H groups in total. The summed E-state index contributed by atoms with van der Waals surface area (Å²) in [4.78, 5) is 19.0. The van der Waals surface area contributed by atoms with E-state index in [1.165, 1.54) is 13.2 Å². The van der Waals surface area contributed by atoms with Gasteiger partial charge in [-0.2, -0.15) is 0 Å². The Labute approximate surface area is 204 Å². The number of non-ortho nitro benzene ring substituents is 1. The number of aryl methyl sites for hydroxylation is 1. The molecular formula is C25H30ClN3O5. The number of nitro groups is 1. The van der Waals surface area contributed by atoms with E-state index in [1.807, 2.05) is 12.1 Å². The first-order valence-electron chi connectivity index (χ1n) is 11.2. The molecule has 8 nitrogen and oxygen atoms in total. The van der Waals surface area contributed by atoms with E-state index in [2.05, 4.69) is 23.9 Å². The molecule has 0 unspecified atom stereocenters. The van der Waals surface area contributed by atoms with E-state index in [-0.39, 0.29) is 5.69 Å². The number of methoxy groups -OCH3 is 2. The first-order chi connectivity index (χ1) is 16.4. The number of benzene rings is 2. The van der Waals surface area contributed by atoms with E-state index in [9.17, 15) is 10.1 Å². The van der Waals surface area contributed by atoms with Crippen LogP contribution >= 0.6 is 11.6 Å². The van der Waals surface area contributed by atoms with Crippen LogP contribution in [0.2, 0.25) is 5.02 Å². The van der Waals surface area contributed by atoms with Crippen LogP contribution in [-0.4, -0.2) is 56.0 Å². The molecule has 0 radical (unpaired) electrons. The fourth-order valence-corrected chi connectivity index (χ4v) is 4.24. The fraction of sp³-hybridized carbons (Fsp3) is 0.400. The van der Waals surface area contributed by atoms with Crippen LogP contribution < -0.4 is 9.47 Å². The third-order valence-electron chi connectivity index (χ3n) is 5.92. The van der Waals surface area contributed by atoms with E-state index >= 15 is 0 Å². The summed E-state index contributed by atoms with van der Waals surface area (Å²) in [5, 5.41) is 16.3. The number of hydrogen-bond acceptors (Lipinski definition) is 7. The monoisotopic (exact) mass is 487 g/mol. The highest BCUT2D eigenvalue weighted by molar-refractivity contribution is 6.34. The molecule has 3 rings (SSSR count). The topological polar surface area (TPSA) is 86.4 Å². The Morgan fingerprint density at radius 3 is 2.56 bits per heavy atom. The van der Waals surface area contributed by atoms with Crippen LogP contribution in [0.4, 0.5) is 5.69 Å². The molecule has 0 fully saturated rings. The Morgan fingerprint density at radius 1 is 1.15 bits per heavy atom. The van der Waals surface area contributed by atoms with Crippen molar-refractivity contribution < 1.29 is 19.2 Å². The largest absolute Gasteiger partial charge is 0.493 e. The molecule has 0 aromatic heterocycles. The second-order valence-electron chi connectivity index (χ2n) is 7.77. The molecule has 182 valence electrons. The second-order valence-corrected chi connectivity index (χ2v) is 8.15. The van der Waals surface area contributed by atoms with Crippen molar-refractivity contribution in [3.8, 4) is 11.5 Å². The molecule has 0 spiro atoms. The number of nitrogens with zero attached hydrogens (tertiary/aromatic N) is 3. The van der Waals surface area contributed by atoms with Gasteiger partial charge >= 0.3 is 0 Å². The van der Waals surface area contributed by atoms with Crippen molar-refractivity contribution in [3.63, 3.8) is 0 Å². The Bertz CT molecular complexity index is 1100. The van der Waals surface area contributed by atoms with Gasteiger partial charge < -0.3 is 19.2 Å². The lowest BCUT2D eigenvalue weighted by atomic mass is 9.85. The third-order valence-corrected chi connectivity index (χ3v) is 6.31. The lowest BCUT2D eigenvalue weighted by molar-refractivity contribution is -0.384. The number of allylic oxidation sites excluding steroid dienone is 1. The van der Waals surface area contributed by atoms with Gasteiger partial charge in [-0.05, 0) is 60.8 Å². The molecule has 0 amide bonds. The predicted molar refractivity (Wildman–Crippen MR) is 134 cm³/mol. The van der Waals surface area contributed by atoms with Crippen molar-refractivity contribution in [2.75, 3.05) is 40.5 Å². The summed E-state index contributed by atoms with van der Waals surface area (Å²) in [6.07, 6.45) is 3.34. The molecule has 0 bridgehead atoms. The van der Waals surface area contributed by atoms with Gasteiger partial charge in [0.25, 0.3) is 5.69 Å². The van der Waals surface area contributed by atoms with Crippen LogP contribution in [0.1, 0.15) is 37.0 Å². The molecule has 1 aliphatic rings. The zero-order valence-corrected chi connectivity index (χ0v) is 20.7. The average Bonchev–Trinajstić information content (AvgIpc) is 2.85. The first kappa shape index (κ1) is 25.5. The Balaban J connectivity index is 2.03. The van der Waals surface area contributed by atoms with Crippen molar-refractivity contribution in [2.45, 2.75) is 26.7 Å². The van der Waals surface area contributed by atoms with Crippen LogP contribution in [-0.2, 0) is 11.3 Å². The maximum Gasteiger partial charge on any atom is 0.270 e. The lowest BCUT2D eigenvalue weighted by Gasteiger charge is -2.21. The van der Waals surface area contributed by atoms with E-state index < -0.39 is 4.92 Å². The molecule has 0 heterocycles. The number of nitro benzene ring substituents is 1. The number of rotatable bonds is 10. The summed E-state index contributed by atoms with van der Waals surface area (Å²) in [5.41, 5.74) is 3.90. The Kier molecular flexibility index (Phi) is 8.90. The zero-order valence-electron chi connectivity index (χ0n) is 20.0. The second kappa shape index (κ2) is 11.9. The number of hydrogen-bond donors (Lipinski definition) is 0. The highest BCUT2D eigenvalue weighted by Gasteiger charge is 2.24. The van der Waals surface area contributed by atoms with Crippen molar-refractivity contribution in [1.82, 2.24) is 4.90 Å². The van der Waals surface area contributed by atoms with Gasteiger partial charge in [0.15, 0.2) is 11.5 Å². The normalized spacial score (nSPS) is 15.5. The minimum absolute atomic E-state index is 0.0139. The maximum absolute atomic E-state index is 11.4. The van der Waals surface area contributed by atoms with Crippen molar-refractivity contribution in [2.24, 2.45) is 5.16 Å². The van der Waals surface area contributed by atoms with E-state index in [0.29, 0.717) is 40.8 Å². The van der Waals surface area contributed by atoms with Crippen LogP contribution in [0.3, 0.4) is 0 Å². The molecule has 34 heavy (non-hydrogen) atoms. The van der Waals surface area contributed by atoms with Crippen molar-refractivity contribution in [3.05, 3.63) is 67.7 Å². The average molecular weight is 488 g/mol. The van der Waals surface area contributed by atoms with Crippen LogP contribution in [0.15, 0.2) is 41.1 Å². The summed E-state index contributed by atoms with van der Waals surface area (Å²) in [6.45, 7) is 7.20. The SMILES string of the molecule is CCN(CC)CCO/N=C1\C(=C\c2ccc(OC)c(OC)c2Cl)CCc2ccc([N+](=O)[O-])cc21. The van der Waals surface area contributed by atoms with Gasteiger partial charge in [-0.15, -0.1) is 0 Å². The van der Waals surface area contributed by atoms with Crippen molar-refractivity contribution >= 4 is 29.1 Å². The summed E-state index contributed by atoms with van der Waals surface area (Å²) in [6, 6.07) is 8.51. The molecule has 1 aliphatic carbocycles. The quantitative estimate of drug-likeness (QED) is 0.255. The lowest BCUT2D eigenvalue weighted by Crippen LogP contribution is -2.26. The van der Waals surface area contributed by atoms with Gasteiger partial charge in [0.2, 0.25) is 0 Å². The fourth-order valence-electron chi connectivity index (χ4n) is 3.95. The van der Waals surface area contributed by atoms with Crippen LogP contribution in [0.5, 0.6) is 11.5 Å². The number of oxime groups is 1. The predicted octanol–water partition coefficient (Wildman–Crippen LogP) is 5.36. The highest BCUT2D eigenvalue weighted by atomic mass is 35.5. The van der Waals surface area contributed by atoms with E-state index in [0.717, 1.165) is 42.8 Å². The minimum Gasteiger partial charge on any atom is -0.493 e. The van der Waals surface area contributed by atoms with Gasteiger partial charge in [0, 0.05) is 24.2 Å². The molecule has 0 saturated carbocycles. The molecule has 2 aromatic carbocycles. The summed E-state index contributed by atoms with van der Waals surface area (Å²) >= 11 is 6.60. The Morgan fingerprint density at radius 2 is 1.91 bits per heavy atom. The summed E-state index contributed by atoms with van der Waals surface area (Å²) < 4.78 is 10.8. The van der Waals surface area contributed by atoms with Crippen LogP contribution in [0.25, 0.3) is 6.08 Å². The number of ether oxygens (including phenoxy) is 2. The number of halogens is 1. The molecule has 0 aliphatic heterocycles. The first-order valence-corrected chi connectivity index (χ1v) is 11.6.